The van der Waals surface area contributed by atoms with Crippen molar-refractivity contribution in [1.82, 2.24) is 0 Å². The molecule has 0 fully saturated rings. The molecule has 1 N–H and O–H groups in total. The van der Waals surface area contributed by atoms with E-state index in [0.717, 1.165) is 6.26 Å². The molecule has 1 rings (SSSR count). The molecule has 0 unspecified atom stereocenters. The number of nitrogens with one attached hydrogen (secondary N) is 1. The van der Waals surface area contributed by atoms with Crippen LogP contribution in [-0.2, 0) is 19.4 Å². The summed E-state index contributed by atoms with van der Waals surface area (Å²) in [7, 11) is -1.96. The van der Waals surface area contributed by atoms with Gasteiger partial charge in [-0.25, -0.2) is 8.42 Å². The number of methoxy groups -OCH3 is 1. The second-order valence-electron chi connectivity index (χ2n) is 3.52. The third kappa shape index (κ3) is 4.07. The zero-order chi connectivity index (χ0) is 12.9. The summed E-state index contributed by atoms with van der Waals surface area (Å²) in [6.07, 6.45) is 1.34. The van der Waals surface area contributed by atoms with Gasteiger partial charge in [0.1, 0.15) is 0 Å². The van der Waals surface area contributed by atoms with Gasteiger partial charge in [0.2, 0.25) is 0 Å². The van der Waals surface area contributed by atoms with Crippen LogP contribution < -0.4 is 5.32 Å². The highest BCUT2D eigenvalue weighted by Gasteiger charge is 2.12. The molecule has 0 aliphatic heterocycles. The highest BCUT2D eigenvalue weighted by molar-refractivity contribution is 7.90. The Hall–Kier alpha value is -1.56. The van der Waals surface area contributed by atoms with Gasteiger partial charge in [-0.2, -0.15) is 0 Å². The van der Waals surface area contributed by atoms with E-state index in [1.165, 1.54) is 13.2 Å². The molecular weight excluding hydrogens is 242 g/mol. The second kappa shape index (κ2) is 5.67. The lowest BCUT2D eigenvalue weighted by molar-refractivity contribution is -0.140. The molecule has 0 heterocycles. The van der Waals surface area contributed by atoms with Crippen LogP contribution in [0, 0.1) is 0 Å². The topological polar surface area (TPSA) is 72.5 Å². The van der Waals surface area contributed by atoms with Gasteiger partial charge in [-0.05, 0) is 12.1 Å². The number of benzene rings is 1. The van der Waals surface area contributed by atoms with E-state index in [-0.39, 0.29) is 17.3 Å². The summed E-state index contributed by atoms with van der Waals surface area (Å²) in [4.78, 5) is 11.1. The number of rotatable bonds is 5. The molecule has 0 atom stereocenters. The number of hydrogen-bond donors (Lipinski definition) is 1. The van der Waals surface area contributed by atoms with Crippen molar-refractivity contribution in [1.29, 1.82) is 0 Å². The molecule has 1 aromatic rings. The molecule has 6 heteroatoms. The van der Waals surface area contributed by atoms with E-state index in [0.29, 0.717) is 12.2 Å². The van der Waals surface area contributed by atoms with Crippen LogP contribution >= 0.6 is 0 Å². The zero-order valence-electron chi connectivity index (χ0n) is 9.76. The molecule has 5 nitrogen and oxygen atoms in total. The lowest BCUT2D eigenvalue weighted by atomic mass is 10.3. The van der Waals surface area contributed by atoms with Gasteiger partial charge in [0, 0.05) is 12.8 Å². The fourth-order valence-corrected chi connectivity index (χ4v) is 2.20. The van der Waals surface area contributed by atoms with Crippen molar-refractivity contribution in [3.63, 3.8) is 0 Å². The van der Waals surface area contributed by atoms with Crippen molar-refractivity contribution in [3.05, 3.63) is 24.3 Å². The second-order valence-corrected chi connectivity index (χ2v) is 5.51. The summed E-state index contributed by atoms with van der Waals surface area (Å²) in [5, 5.41) is 2.91. The Labute approximate surface area is 101 Å². The molecule has 0 aliphatic carbocycles. The Morgan fingerprint density at radius 1 is 1.35 bits per heavy atom. The molecule has 0 saturated heterocycles. The van der Waals surface area contributed by atoms with E-state index in [4.69, 9.17) is 0 Å². The number of para-hydroxylation sites is 1. The summed E-state index contributed by atoms with van der Waals surface area (Å²) < 4.78 is 27.4. The van der Waals surface area contributed by atoms with Crippen molar-refractivity contribution < 1.29 is 17.9 Å². The van der Waals surface area contributed by atoms with Gasteiger partial charge in [0.05, 0.1) is 24.1 Å². The number of carbonyl (C=O) groups is 1. The highest BCUT2D eigenvalue weighted by Crippen LogP contribution is 2.20. The maximum atomic E-state index is 11.5. The fourth-order valence-electron chi connectivity index (χ4n) is 1.34. The maximum Gasteiger partial charge on any atom is 0.307 e. The normalized spacial score (nSPS) is 10.9. The molecule has 0 aromatic heterocycles. The Kier molecular flexibility index (Phi) is 4.51. The molecule has 17 heavy (non-hydrogen) atoms. The number of esters is 1. The molecule has 0 aliphatic rings. The molecule has 0 saturated carbocycles. The number of sulfone groups is 1. The predicted octanol–water partition coefficient (Wildman–Crippen LogP) is 1.07. The van der Waals surface area contributed by atoms with E-state index in [1.807, 2.05) is 0 Å². The van der Waals surface area contributed by atoms with Gasteiger partial charge in [0.25, 0.3) is 0 Å². The number of anilines is 1. The zero-order valence-corrected chi connectivity index (χ0v) is 10.6. The van der Waals surface area contributed by atoms with E-state index in [2.05, 4.69) is 10.1 Å². The first-order valence-corrected chi connectivity index (χ1v) is 6.94. The van der Waals surface area contributed by atoms with Crippen LogP contribution in [-0.4, -0.2) is 34.3 Å². The fraction of sp³-hybridized carbons (Fsp3) is 0.364. The van der Waals surface area contributed by atoms with Crippen molar-refractivity contribution in [2.45, 2.75) is 11.3 Å². The quantitative estimate of drug-likeness (QED) is 0.799. The minimum Gasteiger partial charge on any atom is -0.469 e. The molecule has 94 valence electrons. The summed E-state index contributed by atoms with van der Waals surface area (Å²) in [6.45, 7) is 0.333. The van der Waals surface area contributed by atoms with Crippen molar-refractivity contribution >= 4 is 21.5 Å². The standard InChI is InChI=1S/C11H15NO4S/c1-16-11(13)7-8-12-9-5-3-4-6-10(9)17(2,14)15/h3-6,12H,7-8H2,1-2H3. The Morgan fingerprint density at radius 3 is 2.59 bits per heavy atom. The average Bonchev–Trinajstić information content (AvgIpc) is 2.28. The van der Waals surface area contributed by atoms with Crippen LogP contribution in [0.1, 0.15) is 6.42 Å². The Morgan fingerprint density at radius 2 is 2.00 bits per heavy atom. The van der Waals surface area contributed by atoms with Crippen LogP contribution in [0.25, 0.3) is 0 Å². The monoisotopic (exact) mass is 257 g/mol. The van der Waals surface area contributed by atoms with E-state index in [9.17, 15) is 13.2 Å². The van der Waals surface area contributed by atoms with Crippen molar-refractivity contribution in [3.8, 4) is 0 Å². The van der Waals surface area contributed by atoms with E-state index >= 15 is 0 Å². The van der Waals surface area contributed by atoms with E-state index in [1.54, 1.807) is 18.2 Å². The van der Waals surface area contributed by atoms with Crippen LogP contribution in [0.5, 0.6) is 0 Å². The first-order valence-electron chi connectivity index (χ1n) is 5.05. The van der Waals surface area contributed by atoms with E-state index < -0.39 is 9.84 Å². The highest BCUT2D eigenvalue weighted by atomic mass is 32.2. The van der Waals surface area contributed by atoms with Crippen molar-refractivity contribution in [2.75, 3.05) is 25.2 Å². The van der Waals surface area contributed by atoms with Gasteiger partial charge in [-0.15, -0.1) is 0 Å². The first kappa shape index (κ1) is 13.5. The molecule has 1 aromatic carbocycles. The van der Waals surface area contributed by atoms with Gasteiger partial charge < -0.3 is 10.1 Å². The smallest absolute Gasteiger partial charge is 0.307 e. The number of hydrogen-bond acceptors (Lipinski definition) is 5. The van der Waals surface area contributed by atoms with Crippen LogP contribution in [0.3, 0.4) is 0 Å². The lowest BCUT2D eigenvalue weighted by Crippen LogP contribution is -2.11. The molecule has 0 bridgehead atoms. The first-order chi connectivity index (χ1) is 7.95. The Bertz CT molecular complexity index is 496. The predicted molar refractivity (Wildman–Crippen MR) is 64.7 cm³/mol. The minimum atomic E-state index is -3.27. The van der Waals surface area contributed by atoms with Gasteiger partial charge in [-0.1, -0.05) is 12.1 Å². The van der Waals surface area contributed by atoms with Crippen LogP contribution in [0.15, 0.2) is 29.2 Å². The Balaban J connectivity index is 2.75. The molecule has 0 spiro atoms. The largest absolute Gasteiger partial charge is 0.469 e. The van der Waals surface area contributed by atoms with Gasteiger partial charge >= 0.3 is 5.97 Å². The molecular formula is C11H15NO4S. The third-order valence-electron chi connectivity index (χ3n) is 2.16. The third-order valence-corrected chi connectivity index (χ3v) is 3.31. The number of ether oxygens (including phenoxy) is 1. The average molecular weight is 257 g/mol. The summed E-state index contributed by atoms with van der Waals surface area (Å²) in [5.74, 6) is -0.339. The van der Waals surface area contributed by atoms with Crippen LogP contribution in [0.4, 0.5) is 5.69 Å². The molecule has 0 radical (unpaired) electrons. The maximum absolute atomic E-state index is 11.5. The van der Waals surface area contributed by atoms with Gasteiger partial charge in [0.15, 0.2) is 9.84 Å². The van der Waals surface area contributed by atoms with Crippen LogP contribution in [0.2, 0.25) is 0 Å². The van der Waals surface area contributed by atoms with Crippen molar-refractivity contribution in [2.24, 2.45) is 0 Å². The summed E-state index contributed by atoms with van der Waals surface area (Å²) >= 11 is 0. The summed E-state index contributed by atoms with van der Waals surface area (Å²) in [6, 6.07) is 6.57. The molecule has 0 amide bonds. The summed E-state index contributed by atoms with van der Waals surface area (Å²) in [5.41, 5.74) is 0.499. The lowest BCUT2D eigenvalue weighted by Gasteiger charge is -2.09. The SMILES string of the molecule is COC(=O)CCNc1ccccc1S(C)(=O)=O. The number of carbonyl (C=O) groups excluding carboxylic acids is 1. The van der Waals surface area contributed by atoms with Gasteiger partial charge in [-0.3, -0.25) is 4.79 Å². The minimum absolute atomic E-state index is 0.189.